The molecule has 0 saturated heterocycles. The molecule has 1 atom stereocenters. The average molecular weight is 219 g/mol. The minimum absolute atomic E-state index is 0.173. The predicted molar refractivity (Wildman–Crippen MR) is 61.9 cm³/mol. The van der Waals surface area contributed by atoms with E-state index in [9.17, 15) is 0 Å². The normalized spacial score (nSPS) is 13.0. The summed E-state index contributed by atoms with van der Waals surface area (Å²) >= 11 is 0. The Balaban J connectivity index is 2.40. The van der Waals surface area contributed by atoms with E-state index in [2.05, 4.69) is 17.1 Å². The summed E-state index contributed by atoms with van der Waals surface area (Å²) in [5.41, 5.74) is 9.25. The first-order valence-electron chi connectivity index (χ1n) is 5.41. The van der Waals surface area contributed by atoms with E-state index >= 15 is 0 Å². The highest BCUT2D eigenvalue weighted by molar-refractivity contribution is 5.22. The van der Waals surface area contributed by atoms with Crippen LogP contribution >= 0.6 is 0 Å². The Bertz CT molecular complexity index is 482. The first-order valence-corrected chi connectivity index (χ1v) is 5.41. The third-order valence-corrected chi connectivity index (χ3v) is 2.73. The van der Waals surface area contributed by atoms with Crippen molar-refractivity contribution < 1.29 is 0 Å². The minimum atomic E-state index is -0.173. The summed E-state index contributed by atoms with van der Waals surface area (Å²) in [5, 5.41) is 8.53. The van der Waals surface area contributed by atoms with E-state index in [0.717, 1.165) is 23.6 Å². The lowest BCUT2D eigenvalue weighted by molar-refractivity contribution is 0.576. The zero-order valence-electron chi connectivity index (χ0n) is 9.88. The number of hydrogen-bond donors (Lipinski definition) is 1. The van der Waals surface area contributed by atoms with E-state index < -0.39 is 0 Å². The van der Waals surface area contributed by atoms with Gasteiger partial charge in [0.05, 0.1) is 23.1 Å². The smallest absolute Gasteiger partial charge is 0.0893 e. The Labute approximate surface area is 94.9 Å². The van der Waals surface area contributed by atoms with E-state index in [1.807, 2.05) is 30.8 Å². The van der Waals surface area contributed by atoms with Crippen molar-refractivity contribution in [1.82, 2.24) is 19.6 Å². The fourth-order valence-corrected chi connectivity index (χ4v) is 1.91. The maximum absolute atomic E-state index is 6.23. The first-order chi connectivity index (χ1) is 7.63. The Morgan fingerprint density at radius 2 is 2.19 bits per heavy atom. The molecule has 86 valence electrons. The van der Waals surface area contributed by atoms with Gasteiger partial charge in [-0.1, -0.05) is 0 Å². The maximum Gasteiger partial charge on any atom is 0.0893 e. The Morgan fingerprint density at radius 3 is 2.75 bits per heavy atom. The molecule has 0 aliphatic carbocycles. The number of nitrogens with two attached hydrogens (primary N) is 1. The lowest BCUT2D eigenvalue weighted by atomic mass is 10.1. The van der Waals surface area contributed by atoms with Crippen molar-refractivity contribution in [3.05, 3.63) is 35.4 Å². The largest absolute Gasteiger partial charge is 0.318 e. The van der Waals surface area contributed by atoms with E-state index in [0.29, 0.717) is 0 Å². The summed E-state index contributed by atoms with van der Waals surface area (Å²) in [6, 6.07) is 3.79. The van der Waals surface area contributed by atoms with Gasteiger partial charge in [0.2, 0.25) is 0 Å². The van der Waals surface area contributed by atoms with Gasteiger partial charge in [-0.2, -0.15) is 10.2 Å². The van der Waals surface area contributed by atoms with Crippen molar-refractivity contribution in [3.8, 4) is 0 Å². The molecule has 0 saturated carbocycles. The number of hydrogen-bond acceptors (Lipinski definition) is 3. The standard InChI is InChI=1S/C11H17N5/c1-4-16-10(7-8(2)14-16)11(12)9-5-6-13-15(9)3/h5-7,11H,4,12H2,1-3H3. The molecule has 0 aliphatic rings. The maximum atomic E-state index is 6.23. The third kappa shape index (κ3) is 1.74. The molecule has 2 N–H and O–H groups in total. The van der Waals surface area contributed by atoms with Crippen molar-refractivity contribution in [2.24, 2.45) is 12.8 Å². The van der Waals surface area contributed by atoms with Gasteiger partial charge in [-0.25, -0.2) is 0 Å². The van der Waals surface area contributed by atoms with Gasteiger partial charge >= 0.3 is 0 Å². The Kier molecular flexibility index (Phi) is 2.78. The highest BCUT2D eigenvalue weighted by atomic mass is 15.3. The summed E-state index contributed by atoms with van der Waals surface area (Å²) in [4.78, 5) is 0. The van der Waals surface area contributed by atoms with Gasteiger partial charge in [0.1, 0.15) is 0 Å². The quantitative estimate of drug-likeness (QED) is 0.837. The summed E-state index contributed by atoms with van der Waals surface area (Å²) in [5.74, 6) is 0. The predicted octanol–water partition coefficient (Wildman–Crippen LogP) is 0.993. The van der Waals surface area contributed by atoms with E-state index in [-0.39, 0.29) is 6.04 Å². The van der Waals surface area contributed by atoms with E-state index in [1.165, 1.54) is 0 Å². The molecule has 0 radical (unpaired) electrons. The van der Waals surface area contributed by atoms with Crippen LogP contribution in [0.25, 0.3) is 0 Å². The van der Waals surface area contributed by atoms with Crippen LogP contribution in [-0.4, -0.2) is 19.6 Å². The van der Waals surface area contributed by atoms with Crippen LogP contribution < -0.4 is 5.73 Å². The van der Waals surface area contributed by atoms with Gasteiger partial charge in [0.15, 0.2) is 0 Å². The molecule has 5 heteroatoms. The average Bonchev–Trinajstić information content (AvgIpc) is 2.83. The van der Waals surface area contributed by atoms with Crippen LogP contribution in [0.2, 0.25) is 0 Å². The second-order valence-corrected chi connectivity index (χ2v) is 3.88. The van der Waals surface area contributed by atoms with Crippen molar-refractivity contribution >= 4 is 0 Å². The molecule has 0 aromatic carbocycles. The Hall–Kier alpha value is -1.62. The van der Waals surface area contributed by atoms with Gasteiger partial charge in [0, 0.05) is 19.8 Å². The molecule has 2 aromatic rings. The van der Waals surface area contributed by atoms with E-state index in [4.69, 9.17) is 5.73 Å². The van der Waals surface area contributed by atoms with Gasteiger partial charge in [-0.3, -0.25) is 9.36 Å². The van der Waals surface area contributed by atoms with Gasteiger partial charge < -0.3 is 5.73 Å². The molecule has 1 unspecified atom stereocenters. The molecular weight excluding hydrogens is 202 g/mol. The fourth-order valence-electron chi connectivity index (χ4n) is 1.91. The lowest BCUT2D eigenvalue weighted by Gasteiger charge is -2.13. The molecule has 5 nitrogen and oxygen atoms in total. The van der Waals surface area contributed by atoms with Crippen LogP contribution in [0.4, 0.5) is 0 Å². The van der Waals surface area contributed by atoms with Gasteiger partial charge in [-0.05, 0) is 26.0 Å². The van der Waals surface area contributed by atoms with Crippen LogP contribution in [0, 0.1) is 6.92 Å². The van der Waals surface area contributed by atoms with Crippen molar-refractivity contribution in [1.29, 1.82) is 0 Å². The molecule has 0 aliphatic heterocycles. The zero-order valence-corrected chi connectivity index (χ0v) is 9.88. The molecule has 2 heterocycles. The van der Waals surface area contributed by atoms with Gasteiger partial charge in [0.25, 0.3) is 0 Å². The lowest BCUT2D eigenvalue weighted by Crippen LogP contribution is -2.19. The van der Waals surface area contributed by atoms with Crippen molar-refractivity contribution in [3.63, 3.8) is 0 Å². The second kappa shape index (κ2) is 4.09. The molecule has 2 aromatic heterocycles. The number of rotatable bonds is 3. The Morgan fingerprint density at radius 1 is 1.44 bits per heavy atom. The summed E-state index contributed by atoms with van der Waals surface area (Å²) < 4.78 is 3.74. The molecular formula is C11H17N5. The molecule has 0 spiro atoms. The molecule has 0 amide bonds. The van der Waals surface area contributed by atoms with Crippen molar-refractivity contribution in [2.45, 2.75) is 26.4 Å². The molecule has 16 heavy (non-hydrogen) atoms. The van der Waals surface area contributed by atoms with Gasteiger partial charge in [-0.15, -0.1) is 0 Å². The topological polar surface area (TPSA) is 61.7 Å². The zero-order chi connectivity index (χ0) is 11.7. The summed E-state index contributed by atoms with van der Waals surface area (Å²) in [7, 11) is 1.90. The van der Waals surface area contributed by atoms with Crippen LogP contribution in [-0.2, 0) is 13.6 Å². The van der Waals surface area contributed by atoms with Crippen LogP contribution in [0.3, 0.4) is 0 Å². The monoisotopic (exact) mass is 219 g/mol. The van der Waals surface area contributed by atoms with E-state index in [1.54, 1.807) is 10.9 Å². The minimum Gasteiger partial charge on any atom is -0.318 e. The second-order valence-electron chi connectivity index (χ2n) is 3.88. The summed E-state index contributed by atoms with van der Waals surface area (Å²) in [6.45, 7) is 4.87. The van der Waals surface area contributed by atoms with Crippen molar-refractivity contribution in [2.75, 3.05) is 0 Å². The number of nitrogens with zero attached hydrogens (tertiary/aromatic N) is 4. The summed E-state index contributed by atoms with van der Waals surface area (Å²) in [6.07, 6.45) is 1.76. The first kappa shape index (κ1) is 10.9. The number of aromatic nitrogens is 4. The fraction of sp³-hybridized carbons (Fsp3) is 0.455. The number of aryl methyl sites for hydroxylation is 3. The van der Waals surface area contributed by atoms with Crippen LogP contribution in [0.5, 0.6) is 0 Å². The molecule has 2 rings (SSSR count). The molecule has 0 bridgehead atoms. The highest BCUT2D eigenvalue weighted by Gasteiger charge is 2.17. The third-order valence-electron chi connectivity index (χ3n) is 2.73. The SMILES string of the molecule is CCn1nc(C)cc1C(N)c1ccnn1C. The van der Waals surface area contributed by atoms with Crippen LogP contribution in [0.15, 0.2) is 18.3 Å². The highest BCUT2D eigenvalue weighted by Crippen LogP contribution is 2.19. The van der Waals surface area contributed by atoms with Crippen LogP contribution in [0.1, 0.15) is 30.0 Å². The molecule has 0 fully saturated rings.